The molecule has 2 rings (SSSR count). The maximum atomic E-state index is 5.42. The minimum atomic E-state index is 0.614. The van der Waals surface area contributed by atoms with Crippen LogP contribution in [-0.2, 0) is 13.1 Å². The number of pyridine rings is 1. The van der Waals surface area contributed by atoms with E-state index in [1.165, 1.54) is 16.7 Å². The van der Waals surface area contributed by atoms with Gasteiger partial charge in [-0.3, -0.25) is 4.99 Å². The molecule has 128 valence electrons. The highest BCUT2D eigenvalue weighted by molar-refractivity contribution is 5.79. The molecule has 0 unspecified atom stereocenters. The molecule has 1 heterocycles. The third-order valence-electron chi connectivity index (χ3n) is 3.72. The summed E-state index contributed by atoms with van der Waals surface area (Å²) in [7, 11) is 1.77. The second-order valence-corrected chi connectivity index (χ2v) is 5.64. The van der Waals surface area contributed by atoms with Gasteiger partial charge in [-0.2, -0.15) is 0 Å². The molecule has 24 heavy (non-hydrogen) atoms. The van der Waals surface area contributed by atoms with E-state index in [1.54, 1.807) is 13.2 Å². The molecule has 0 saturated carbocycles. The molecule has 0 aliphatic carbocycles. The SMILES string of the molecule is CCOc1cc(CNC(=NC)NCc2ccc(C)cc2C)ccn1. The zero-order valence-electron chi connectivity index (χ0n) is 14.9. The Kier molecular flexibility index (Phi) is 6.61. The monoisotopic (exact) mass is 326 g/mol. The molecule has 0 saturated heterocycles. The molecule has 1 aromatic heterocycles. The fraction of sp³-hybridized carbons (Fsp3) is 0.368. The summed E-state index contributed by atoms with van der Waals surface area (Å²) in [4.78, 5) is 8.45. The molecular formula is C19H26N4O. The summed E-state index contributed by atoms with van der Waals surface area (Å²) in [5, 5.41) is 6.66. The van der Waals surface area contributed by atoms with Crippen molar-refractivity contribution in [2.45, 2.75) is 33.9 Å². The zero-order valence-corrected chi connectivity index (χ0v) is 14.9. The number of benzene rings is 1. The first-order valence-corrected chi connectivity index (χ1v) is 8.20. The molecule has 1 aromatic carbocycles. The van der Waals surface area contributed by atoms with Gasteiger partial charge in [0.1, 0.15) is 0 Å². The summed E-state index contributed by atoms with van der Waals surface area (Å²) in [5.74, 6) is 1.42. The summed E-state index contributed by atoms with van der Waals surface area (Å²) in [6.45, 7) is 8.21. The van der Waals surface area contributed by atoms with Crippen LogP contribution in [0.4, 0.5) is 0 Å². The van der Waals surface area contributed by atoms with E-state index < -0.39 is 0 Å². The Morgan fingerprint density at radius 1 is 1.12 bits per heavy atom. The van der Waals surface area contributed by atoms with Gasteiger partial charge in [0, 0.05) is 32.4 Å². The average molecular weight is 326 g/mol. The normalized spacial score (nSPS) is 11.2. The maximum Gasteiger partial charge on any atom is 0.213 e. The van der Waals surface area contributed by atoms with Crippen molar-refractivity contribution in [3.8, 4) is 5.88 Å². The summed E-state index contributed by atoms with van der Waals surface area (Å²) < 4.78 is 5.42. The second-order valence-electron chi connectivity index (χ2n) is 5.64. The highest BCUT2D eigenvalue weighted by Gasteiger charge is 2.03. The Labute approximate surface area is 144 Å². The third kappa shape index (κ3) is 5.26. The van der Waals surface area contributed by atoms with E-state index in [9.17, 15) is 0 Å². The molecule has 2 N–H and O–H groups in total. The molecule has 0 radical (unpaired) electrons. The lowest BCUT2D eigenvalue weighted by Gasteiger charge is -2.14. The number of rotatable bonds is 6. The fourth-order valence-corrected chi connectivity index (χ4v) is 2.42. The summed E-state index contributed by atoms with van der Waals surface area (Å²) in [6, 6.07) is 10.4. The fourth-order valence-electron chi connectivity index (χ4n) is 2.42. The zero-order chi connectivity index (χ0) is 17.4. The van der Waals surface area contributed by atoms with Gasteiger partial charge in [-0.15, -0.1) is 0 Å². The number of aromatic nitrogens is 1. The number of aliphatic imine (C=N–C) groups is 1. The first-order valence-electron chi connectivity index (χ1n) is 8.20. The summed E-state index contributed by atoms with van der Waals surface area (Å²) in [6.07, 6.45) is 1.76. The Hall–Kier alpha value is -2.56. The van der Waals surface area contributed by atoms with Crippen LogP contribution in [0.3, 0.4) is 0 Å². The minimum absolute atomic E-state index is 0.614. The molecule has 0 amide bonds. The van der Waals surface area contributed by atoms with Crippen molar-refractivity contribution in [2.24, 2.45) is 4.99 Å². The highest BCUT2D eigenvalue weighted by Crippen LogP contribution is 2.10. The van der Waals surface area contributed by atoms with Gasteiger partial charge in [0.15, 0.2) is 5.96 Å². The van der Waals surface area contributed by atoms with E-state index in [1.807, 2.05) is 19.1 Å². The predicted molar refractivity (Wildman–Crippen MR) is 98.4 cm³/mol. The van der Waals surface area contributed by atoms with Crippen molar-refractivity contribution < 1.29 is 4.74 Å². The largest absolute Gasteiger partial charge is 0.478 e. The van der Waals surface area contributed by atoms with E-state index in [2.05, 4.69) is 52.7 Å². The van der Waals surface area contributed by atoms with Gasteiger partial charge >= 0.3 is 0 Å². The van der Waals surface area contributed by atoms with E-state index in [4.69, 9.17) is 4.74 Å². The van der Waals surface area contributed by atoms with E-state index in [0.717, 1.165) is 18.1 Å². The van der Waals surface area contributed by atoms with Crippen LogP contribution in [0, 0.1) is 13.8 Å². The van der Waals surface area contributed by atoms with Crippen molar-refractivity contribution >= 4 is 5.96 Å². The van der Waals surface area contributed by atoms with Crippen molar-refractivity contribution in [1.82, 2.24) is 15.6 Å². The second kappa shape index (κ2) is 8.91. The van der Waals surface area contributed by atoms with Crippen LogP contribution in [0.5, 0.6) is 5.88 Å². The van der Waals surface area contributed by atoms with Crippen LogP contribution < -0.4 is 15.4 Å². The molecule has 0 fully saturated rings. The lowest BCUT2D eigenvalue weighted by Crippen LogP contribution is -2.36. The van der Waals surface area contributed by atoms with Gasteiger partial charge in [0.2, 0.25) is 5.88 Å². The Balaban J connectivity index is 1.89. The van der Waals surface area contributed by atoms with Crippen molar-refractivity contribution in [2.75, 3.05) is 13.7 Å². The number of nitrogens with one attached hydrogen (secondary N) is 2. The van der Waals surface area contributed by atoms with Crippen LogP contribution >= 0.6 is 0 Å². The molecular weight excluding hydrogens is 300 g/mol. The molecule has 0 spiro atoms. The molecule has 0 aliphatic rings. The van der Waals surface area contributed by atoms with Crippen LogP contribution in [-0.4, -0.2) is 24.6 Å². The van der Waals surface area contributed by atoms with Crippen molar-refractivity contribution in [1.29, 1.82) is 0 Å². The lowest BCUT2D eigenvalue weighted by molar-refractivity contribution is 0.326. The lowest BCUT2D eigenvalue weighted by atomic mass is 10.1. The van der Waals surface area contributed by atoms with Crippen LogP contribution in [0.2, 0.25) is 0 Å². The first kappa shape index (κ1) is 17.8. The average Bonchev–Trinajstić information content (AvgIpc) is 2.57. The van der Waals surface area contributed by atoms with Gasteiger partial charge in [0.25, 0.3) is 0 Å². The summed E-state index contributed by atoms with van der Waals surface area (Å²) >= 11 is 0. The highest BCUT2D eigenvalue weighted by atomic mass is 16.5. The summed E-state index contributed by atoms with van der Waals surface area (Å²) in [5.41, 5.74) is 4.93. The van der Waals surface area contributed by atoms with E-state index in [-0.39, 0.29) is 0 Å². The molecule has 5 heteroatoms. The van der Waals surface area contributed by atoms with Gasteiger partial charge in [-0.05, 0) is 43.5 Å². The van der Waals surface area contributed by atoms with E-state index in [0.29, 0.717) is 19.0 Å². The number of aryl methyl sites for hydroxylation is 2. The molecule has 0 bridgehead atoms. The van der Waals surface area contributed by atoms with Crippen LogP contribution in [0.15, 0.2) is 41.5 Å². The van der Waals surface area contributed by atoms with Gasteiger partial charge < -0.3 is 15.4 Å². The Bertz CT molecular complexity index is 698. The molecule has 2 aromatic rings. The number of guanidine groups is 1. The van der Waals surface area contributed by atoms with Gasteiger partial charge in [0.05, 0.1) is 6.61 Å². The van der Waals surface area contributed by atoms with Crippen molar-refractivity contribution in [3.63, 3.8) is 0 Å². The van der Waals surface area contributed by atoms with Crippen molar-refractivity contribution in [3.05, 3.63) is 58.8 Å². The quantitative estimate of drug-likeness (QED) is 0.633. The number of hydrogen-bond donors (Lipinski definition) is 2. The predicted octanol–water partition coefficient (Wildman–Crippen LogP) is 2.96. The van der Waals surface area contributed by atoms with Crippen LogP contribution in [0.1, 0.15) is 29.2 Å². The first-order chi connectivity index (χ1) is 11.6. The van der Waals surface area contributed by atoms with E-state index >= 15 is 0 Å². The smallest absolute Gasteiger partial charge is 0.213 e. The topological polar surface area (TPSA) is 58.5 Å². The van der Waals surface area contributed by atoms with Gasteiger partial charge in [-0.25, -0.2) is 4.98 Å². The Morgan fingerprint density at radius 3 is 2.62 bits per heavy atom. The molecule has 0 aliphatic heterocycles. The Morgan fingerprint density at radius 2 is 1.92 bits per heavy atom. The van der Waals surface area contributed by atoms with Crippen LogP contribution in [0.25, 0.3) is 0 Å². The number of hydrogen-bond acceptors (Lipinski definition) is 3. The minimum Gasteiger partial charge on any atom is -0.478 e. The number of nitrogens with zero attached hydrogens (tertiary/aromatic N) is 2. The molecule has 0 atom stereocenters. The third-order valence-corrected chi connectivity index (χ3v) is 3.72. The maximum absolute atomic E-state index is 5.42. The molecule has 5 nitrogen and oxygen atoms in total. The standard InChI is InChI=1S/C19H26N4O/c1-5-24-18-11-16(8-9-21-18)12-22-19(20-4)23-13-17-7-6-14(2)10-15(17)3/h6-11H,5,12-13H2,1-4H3,(H2,20,22,23). The van der Waals surface area contributed by atoms with Gasteiger partial charge in [-0.1, -0.05) is 23.8 Å². The number of ether oxygens (including phenoxy) is 1.